The predicted molar refractivity (Wildman–Crippen MR) is 104 cm³/mol. The number of amides is 1. The Balaban J connectivity index is 1.91. The minimum absolute atomic E-state index is 0.00417. The van der Waals surface area contributed by atoms with Crippen LogP contribution in [0.2, 0.25) is 0 Å². The Morgan fingerprint density at radius 1 is 1.32 bits per heavy atom. The molecule has 1 aliphatic heterocycles. The van der Waals surface area contributed by atoms with Gasteiger partial charge in [-0.3, -0.25) is 9.20 Å². The highest BCUT2D eigenvalue weighted by Crippen LogP contribution is 2.29. The van der Waals surface area contributed by atoms with Crippen LogP contribution in [0.15, 0.2) is 22.8 Å². The van der Waals surface area contributed by atoms with E-state index in [1.807, 2.05) is 29.7 Å². The number of nitrogens with one attached hydrogen (secondary N) is 2. The molecule has 2 aromatic heterocycles. The molecule has 0 aromatic carbocycles. The van der Waals surface area contributed by atoms with Crippen LogP contribution in [-0.2, 0) is 6.42 Å². The molecule has 6 heteroatoms. The van der Waals surface area contributed by atoms with Crippen molar-refractivity contribution in [1.29, 1.82) is 0 Å². The third-order valence-corrected chi connectivity index (χ3v) is 5.20. The van der Waals surface area contributed by atoms with E-state index in [9.17, 15) is 4.79 Å². The molecule has 3 heterocycles. The standard InChI is InChI=1S/C19H27BrN4O/c1-6-14-16(24-11-12(20)7-8-15(24)22-14)17(25)21-13-9-18(2,3)23-19(4,5)10-13/h7-8,11,13,23H,6,9-10H2,1-5H3,(H,21,25). The molecule has 2 N–H and O–H groups in total. The number of rotatable bonds is 3. The summed E-state index contributed by atoms with van der Waals surface area (Å²) in [5.41, 5.74) is 2.28. The van der Waals surface area contributed by atoms with Crippen LogP contribution in [-0.4, -0.2) is 32.4 Å². The maximum atomic E-state index is 13.1. The van der Waals surface area contributed by atoms with Gasteiger partial charge in [-0.1, -0.05) is 6.92 Å². The van der Waals surface area contributed by atoms with Crippen molar-refractivity contribution in [2.75, 3.05) is 0 Å². The Labute approximate surface area is 157 Å². The maximum Gasteiger partial charge on any atom is 0.270 e. The molecule has 0 aliphatic carbocycles. The second-order valence-corrected chi connectivity index (χ2v) is 9.22. The number of carbonyl (C=O) groups excluding carboxylic acids is 1. The monoisotopic (exact) mass is 406 g/mol. The Morgan fingerprint density at radius 2 is 1.96 bits per heavy atom. The van der Waals surface area contributed by atoms with Crippen molar-refractivity contribution in [3.63, 3.8) is 0 Å². The number of nitrogens with zero attached hydrogens (tertiary/aromatic N) is 2. The average Bonchev–Trinajstić information content (AvgIpc) is 2.81. The number of fused-ring (bicyclic) bond motifs is 1. The zero-order valence-corrected chi connectivity index (χ0v) is 17.2. The fraction of sp³-hybridized carbons (Fsp3) is 0.579. The van der Waals surface area contributed by atoms with Crippen molar-refractivity contribution < 1.29 is 4.79 Å². The summed E-state index contributed by atoms with van der Waals surface area (Å²) in [6, 6.07) is 4.01. The smallest absolute Gasteiger partial charge is 0.270 e. The molecule has 0 unspecified atom stereocenters. The lowest BCUT2D eigenvalue weighted by atomic mass is 9.79. The lowest BCUT2D eigenvalue weighted by Crippen LogP contribution is -2.62. The largest absolute Gasteiger partial charge is 0.348 e. The van der Waals surface area contributed by atoms with Gasteiger partial charge in [0.1, 0.15) is 11.3 Å². The fourth-order valence-electron chi connectivity index (χ4n) is 4.23. The van der Waals surface area contributed by atoms with Crippen molar-refractivity contribution in [2.24, 2.45) is 0 Å². The van der Waals surface area contributed by atoms with Crippen molar-refractivity contribution in [3.05, 3.63) is 34.2 Å². The fourth-order valence-corrected chi connectivity index (χ4v) is 4.57. The van der Waals surface area contributed by atoms with E-state index in [1.165, 1.54) is 0 Å². The van der Waals surface area contributed by atoms with E-state index >= 15 is 0 Å². The molecule has 0 bridgehead atoms. The minimum Gasteiger partial charge on any atom is -0.348 e. The lowest BCUT2D eigenvalue weighted by molar-refractivity contribution is 0.0866. The molecule has 1 amide bonds. The molecule has 0 saturated carbocycles. The zero-order chi connectivity index (χ0) is 18.4. The topological polar surface area (TPSA) is 58.4 Å². The predicted octanol–water partition coefficient (Wildman–Crippen LogP) is 3.70. The molecule has 1 saturated heterocycles. The van der Waals surface area contributed by atoms with Gasteiger partial charge in [-0.15, -0.1) is 0 Å². The summed E-state index contributed by atoms with van der Waals surface area (Å²) in [5.74, 6) is -0.0408. The molecule has 0 radical (unpaired) electrons. The van der Waals surface area contributed by atoms with E-state index < -0.39 is 0 Å². The maximum absolute atomic E-state index is 13.1. The van der Waals surface area contributed by atoms with E-state index in [2.05, 4.69) is 59.2 Å². The number of piperidine rings is 1. The van der Waals surface area contributed by atoms with Gasteiger partial charge in [0.15, 0.2) is 0 Å². The highest BCUT2D eigenvalue weighted by molar-refractivity contribution is 9.10. The molecule has 5 nitrogen and oxygen atoms in total. The first-order valence-corrected chi connectivity index (χ1v) is 9.66. The van der Waals surface area contributed by atoms with Crippen molar-refractivity contribution in [1.82, 2.24) is 20.0 Å². The molecule has 136 valence electrons. The second kappa shape index (κ2) is 6.40. The van der Waals surface area contributed by atoms with Crippen LogP contribution in [0.1, 0.15) is 63.6 Å². The van der Waals surface area contributed by atoms with E-state index in [4.69, 9.17) is 0 Å². The first kappa shape index (κ1) is 18.4. The highest BCUT2D eigenvalue weighted by atomic mass is 79.9. The molecule has 2 aromatic rings. The number of pyridine rings is 1. The summed E-state index contributed by atoms with van der Waals surface area (Å²) in [6.45, 7) is 10.8. The molecule has 1 aliphatic rings. The van der Waals surface area contributed by atoms with Gasteiger partial charge in [-0.2, -0.15) is 0 Å². The Hall–Kier alpha value is -1.40. The SMILES string of the molecule is CCc1nc2ccc(Br)cn2c1C(=O)NC1CC(C)(C)NC(C)(C)C1. The number of imidazole rings is 1. The van der Waals surface area contributed by atoms with Crippen LogP contribution in [0, 0.1) is 0 Å². The van der Waals surface area contributed by atoms with Gasteiger partial charge in [-0.25, -0.2) is 4.98 Å². The van der Waals surface area contributed by atoms with E-state index in [0.29, 0.717) is 5.69 Å². The number of hydrogen-bond donors (Lipinski definition) is 2. The normalized spacial score (nSPS) is 19.9. The van der Waals surface area contributed by atoms with E-state index in [1.54, 1.807) is 0 Å². The van der Waals surface area contributed by atoms with Gasteiger partial charge in [-0.05, 0) is 75.0 Å². The van der Waals surface area contributed by atoms with Gasteiger partial charge in [0.05, 0.1) is 5.69 Å². The third-order valence-electron chi connectivity index (χ3n) is 4.73. The van der Waals surface area contributed by atoms with Crippen molar-refractivity contribution in [3.8, 4) is 0 Å². The number of hydrogen-bond acceptors (Lipinski definition) is 3. The number of carbonyl (C=O) groups is 1. The molecule has 0 spiro atoms. The second-order valence-electron chi connectivity index (χ2n) is 8.31. The molecular weight excluding hydrogens is 380 g/mol. The zero-order valence-electron chi connectivity index (χ0n) is 15.6. The van der Waals surface area contributed by atoms with Crippen LogP contribution in [0.25, 0.3) is 5.65 Å². The summed E-state index contributed by atoms with van der Waals surface area (Å²) in [4.78, 5) is 17.7. The van der Waals surface area contributed by atoms with Gasteiger partial charge in [0.25, 0.3) is 5.91 Å². The van der Waals surface area contributed by atoms with E-state index in [0.717, 1.165) is 35.1 Å². The van der Waals surface area contributed by atoms with Gasteiger partial charge in [0.2, 0.25) is 0 Å². The highest BCUT2D eigenvalue weighted by Gasteiger charge is 2.38. The molecule has 0 atom stereocenters. The number of halogens is 1. The first-order valence-electron chi connectivity index (χ1n) is 8.87. The summed E-state index contributed by atoms with van der Waals surface area (Å²) in [5, 5.41) is 6.92. The summed E-state index contributed by atoms with van der Waals surface area (Å²) < 4.78 is 2.81. The molecule has 25 heavy (non-hydrogen) atoms. The van der Waals surface area contributed by atoms with Crippen LogP contribution in [0.4, 0.5) is 0 Å². The number of aromatic nitrogens is 2. The van der Waals surface area contributed by atoms with Gasteiger partial charge >= 0.3 is 0 Å². The van der Waals surface area contributed by atoms with E-state index in [-0.39, 0.29) is 23.0 Å². The summed E-state index contributed by atoms with van der Waals surface area (Å²) >= 11 is 3.49. The first-order chi connectivity index (χ1) is 11.6. The summed E-state index contributed by atoms with van der Waals surface area (Å²) in [6.07, 6.45) is 4.45. The Bertz CT molecular complexity index is 793. The molecule has 3 rings (SSSR count). The van der Waals surface area contributed by atoms with Gasteiger partial charge in [0, 0.05) is 27.8 Å². The average molecular weight is 407 g/mol. The quantitative estimate of drug-likeness (QED) is 0.816. The number of aryl methyl sites for hydroxylation is 1. The third kappa shape index (κ3) is 3.90. The van der Waals surface area contributed by atoms with Crippen LogP contribution in [0.5, 0.6) is 0 Å². The summed E-state index contributed by atoms with van der Waals surface area (Å²) in [7, 11) is 0. The van der Waals surface area contributed by atoms with Crippen LogP contribution < -0.4 is 10.6 Å². The van der Waals surface area contributed by atoms with Crippen molar-refractivity contribution >= 4 is 27.5 Å². The lowest BCUT2D eigenvalue weighted by Gasteiger charge is -2.46. The Morgan fingerprint density at radius 3 is 2.56 bits per heavy atom. The molecule has 1 fully saturated rings. The minimum atomic E-state index is -0.0408. The van der Waals surface area contributed by atoms with Crippen LogP contribution >= 0.6 is 15.9 Å². The molecular formula is C19H27BrN4O. The van der Waals surface area contributed by atoms with Crippen LogP contribution in [0.3, 0.4) is 0 Å². The Kier molecular flexibility index (Phi) is 4.71. The van der Waals surface area contributed by atoms with Gasteiger partial charge < -0.3 is 10.6 Å². The van der Waals surface area contributed by atoms with Crippen molar-refractivity contribution in [2.45, 2.75) is 71.0 Å².